The number of aromatic nitrogens is 1. The van der Waals surface area contributed by atoms with E-state index >= 15 is 0 Å². The first-order chi connectivity index (χ1) is 14.5. The van der Waals surface area contributed by atoms with Crippen molar-refractivity contribution < 1.29 is 18.7 Å². The summed E-state index contributed by atoms with van der Waals surface area (Å²) in [6, 6.07) is 12.6. The van der Waals surface area contributed by atoms with Crippen LogP contribution < -0.4 is 10.1 Å². The number of aryl methyl sites for hydroxylation is 1. The third-order valence-corrected chi connectivity index (χ3v) is 5.44. The zero-order valence-electron chi connectivity index (χ0n) is 16.7. The van der Waals surface area contributed by atoms with Crippen LogP contribution in [0.2, 0.25) is 0 Å². The molecule has 0 spiro atoms. The minimum atomic E-state index is -0.448. The molecule has 2 aromatic carbocycles. The van der Waals surface area contributed by atoms with Gasteiger partial charge < -0.3 is 14.6 Å². The Hall–Kier alpha value is -3.10. The molecule has 0 saturated heterocycles. The van der Waals surface area contributed by atoms with Crippen LogP contribution in [0.25, 0.3) is 0 Å². The molecular formula is C22H22FN3O3S. The number of ether oxygens (including phenoxy) is 1. The van der Waals surface area contributed by atoms with Crippen molar-refractivity contribution in [1.82, 2.24) is 9.88 Å². The number of nitrogens with zero attached hydrogens (tertiary/aromatic N) is 2. The van der Waals surface area contributed by atoms with E-state index in [0.717, 1.165) is 11.3 Å². The predicted octanol–water partition coefficient (Wildman–Crippen LogP) is 3.16. The zero-order valence-corrected chi connectivity index (χ0v) is 17.5. The van der Waals surface area contributed by atoms with Gasteiger partial charge in [-0.15, -0.1) is 11.3 Å². The second-order valence-corrected chi connectivity index (χ2v) is 7.41. The number of amides is 2. The van der Waals surface area contributed by atoms with Gasteiger partial charge in [0.05, 0.1) is 13.2 Å². The number of benzene rings is 2. The van der Waals surface area contributed by atoms with Gasteiger partial charge in [-0.2, -0.15) is 4.99 Å². The monoisotopic (exact) mass is 427 g/mol. The van der Waals surface area contributed by atoms with Crippen molar-refractivity contribution in [3.05, 3.63) is 86.9 Å². The molecule has 2 amide bonds. The Labute approximate surface area is 177 Å². The Kier molecular flexibility index (Phi) is 7.26. The van der Waals surface area contributed by atoms with E-state index < -0.39 is 11.7 Å². The number of thiazole rings is 1. The number of rotatable bonds is 7. The van der Waals surface area contributed by atoms with E-state index in [2.05, 4.69) is 10.3 Å². The number of carbonyl (C=O) groups is 2. The summed E-state index contributed by atoms with van der Waals surface area (Å²) in [5, 5.41) is 4.73. The Balaban J connectivity index is 1.89. The van der Waals surface area contributed by atoms with Gasteiger partial charge in [-0.05, 0) is 42.8 Å². The minimum Gasteiger partial charge on any atom is -0.383 e. The Morgan fingerprint density at radius 3 is 2.63 bits per heavy atom. The van der Waals surface area contributed by atoms with Gasteiger partial charge in [0.25, 0.3) is 11.8 Å². The largest absolute Gasteiger partial charge is 0.383 e. The highest BCUT2D eigenvalue weighted by Gasteiger charge is 2.13. The quantitative estimate of drug-likeness (QED) is 0.589. The fraction of sp³-hybridized carbons (Fsp3) is 0.227. The molecule has 0 bridgehead atoms. The summed E-state index contributed by atoms with van der Waals surface area (Å²) in [6.45, 7) is 3.15. The van der Waals surface area contributed by atoms with E-state index in [1.165, 1.54) is 35.6 Å². The van der Waals surface area contributed by atoms with Crippen LogP contribution in [0.5, 0.6) is 0 Å². The molecule has 0 aliphatic rings. The summed E-state index contributed by atoms with van der Waals surface area (Å²) in [6.07, 6.45) is 0. The van der Waals surface area contributed by atoms with E-state index in [-0.39, 0.29) is 5.91 Å². The maximum absolute atomic E-state index is 13.1. The Morgan fingerprint density at radius 1 is 1.17 bits per heavy atom. The lowest BCUT2D eigenvalue weighted by molar-refractivity contribution is 0.0934. The lowest BCUT2D eigenvalue weighted by Crippen LogP contribution is -2.28. The van der Waals surface area contributed by atoms with Crippen LogP contribution in [0.15, 0.2) is 58.9 Å². The zero-order chi connectivity index (χ0) is 21.5. The average molecular weight is 428 g/mol. The molecule has 0 radical (unpaired) electrons. The highest BCUT2D eigenvalue weighted by Crippen LogP contribution is 2.13. The SMILES string of the molecule is COCCNC(=O)c1ccccc1Cn1c(C)csc1=NC(=O)c1ccc(F)cc1. The first kappa shape index (κ1) is 21.6. The van der Waals surface area contributed by atoms with Crippen LogP contribution in [-0.4, -0.2) is 36.6 Å². The topological polar surface area (TPSA) is 72.7 Å². The molecule has 156 valence electrons. The van der Waals surface area contributed by atoms with Gasteiger partial charge in [-0.1, -0.05) is 18.2 Å². The van der Waals surface area contributed by atoms with Crippen LogP contribution in [0.1, 0.15) is 32.0 Å². The van der Waals surface area contributed by atoms with Gasteiger partial charge in [0.2, 0.25) is 0 Å². The lowest BCUT2D eigenvalue weighted by atomic mass is 10.1. The number of hydrogen-bond acceptors (Lipinski definition) is 4. The molecule has 1 heterocycles. The smallest absolute Gasteiger partial charge is 0.279 e. The van der Waals surface area contributed by atoms with Gasteiger partial charge in [0.1, 0.15) is 5.82 Å². The first-order valence-electron chi connectivity index (χ1n) is 9.34. The fourth-order valence-corrected chi connectivity index (χ4v) is 3.73. The second kappa shape index (κ2) is 10.1. The predicted molar refractivity (Wildman–Crippen MR) is 113 cm³/mol. The van der Waals surface area contributed by atoms with Gasteiger partial charge in [-0.3, -0.25) is 9.59 Å². The number of methoxy groups -OCH3 is 1. The number of halogens is 1. The molecule has 0 fully saturated rings. The highest BCUT2D eigenvalue weighted by molar-refractivity contribution is 7.07. The Morgan fingerprint density at radius 2 is 1.90 bits per heavy atom. The van der Waals surface area contributed by atoms with Crippen LogP contribution in [0.3, 0.4) is 0 Å². The number of hydrogen-bond donors (Lipinski definition) is 1. The summed E-state index contributed by atoms with van der Waals surface area (Å²) in [4.78, 5) is 29.8. The minimum absolute atomic E-state index is 0.183. The van der Waals surface area contributed by atoms with Crippen LogP contribution in [-0.2, 0) is 11.3 Å². The van der Waals surface area contributed by atoms with Crippen molar-refractivity contribution in [3.63, 3.8) is 0 Å². The van der Waals surface area contributed by atoms with Crippen LogP contribution in [0, 0.1) is 12.7 Å². The molecule has 8 heteroatoms. The second-order valence-electron chi connectivity index (χ2n) is 6.58. The molecule has 3 aromatic rings. The van der Waals surface area contributed by atoms with Crippen molar-refractivity contribution in [2.75, 3.05) is 20.3 Å². The van der Waals surface area contributed by atoms with Crippen LogP contribution >= 0.6 is 11.3 Å². The summed E-state index contributed by atoms with van der Waals surface area (Å²) in [5.41, 5.74) is 2.60. The molecule has 0 atom stereocenters. The van der Waals surface area contributed by atoms with E-state index in [1.54, 1.807) is 13.2 Å². The highest BCUT2D eigenvalue weighted by atomic mass is 32.1. The maximum atomic E-state index is 13.1. The Bertz CT molecular complexity index is 1100. The molecule has 0 aliphatic heterocycles. The number of carbonyl (C=O) groups excluding carboxylic acids is 2. The van der Waals surface area contributed by atoms with E-state index in [1.807, 2.05) is 35.1 Å². The third-order valence-electron chi connectivity index (χ3n) is 4.46. The average Bonchev–Trinajstić information content (AvgIpc) is 3.08. The fourth-order valence-electron chi connectivity index (χ4n) is 2.85. The molecule has 3 rings (SSSR count). The van der Waals surface area contributed by atoms with E-state index in [4.69, 9.17) is 4.74 Å². The van der Waals surface area contributed by atoms with Gasteiger partial charge >= 0.3 is 0 Å². The maximum Gasteiger partial charge on any atom is 0.279 e. The molecule has 0 saturated carbocycles. The van der Waals surface area contributed by atoms with Crippen molar-refractivity contribution in [2.24, 2.45) is 4.99 Å². The number of nitrogens with one attached hydrogen (secondary N) is 1. The van der Waals surface area contributed by atoms with Crippen molar-refractivity contribution in [2.45, 2.75) is 13.5 Å². The van der Waals surface area contributed by atoms with Gasteiger partial charge in [-0.25, -0.2) is 4.39 Å². The molecule has 0 aliphatic carbocycles. The molecule has 30 heavy (non-hydrogen) atoms. The molecular weight excluding hydrogens is 405 g/mol. The molecule has 1 aromatic heterocycles. The van der Waals surface area contributed by atoms with Crippen molar-refractivity contribution >= 4 is 23.2 Å². The molecule has 1 N–H and O–H groups in total. The van der Waals surface area contributed by atoms with Gasteiger partial charge in [0.15, 0.2) is 4.80 Å². The molecule has 6 nitrogen and oxygen atoms in total. The summed E-state index contributed by atoms with van der Waals surface area (Å²) in [5.74, 6) is -1.04. The first-order valence-corrected chi connectivity index (χ1v) is 10.2. The van der Waals surface area contributed by atoms with Crippen LogP contribution in [0.4, 0.5) is 4.39 Å². The van der Waals surface area contributed by atoms with Gasteiger partial charge in [0, 0.05) is 35.9 Å². The summed E-state index contributed by atoms with van der Waals surface area (Å²) < 4.78 is 20.0. The summed E-state index contributed by atoms with van der Waals surface area (Å²) >= 11 is 1.34. The lowest BCUT2D eigenvalue weighted by Gasteiger charge is -2.12. The van der Waals surface area contributed by atoms with E-state index in [9.17, 15) is 14.0 Å². The molecule has 0 unspecified atom stereocenters. The normalized spacial score (nSPS) is 11.5. The van der Waals surface area contributed by atoms with E-state index in [0.29, 0.717) is 35.6 Å². The third kappa shape index (κ3) is 5.28. The standard InChI is InChI=1S/C22H22FN3O3S/c1-15-14-30-22(25-20(27)16-7-9-18(23)10-8-16)26(15)13-17-5-3-4-6-19(17)21(28)24-11-12-29-2/h3-10,14H,11-13H2,1-2H3,(H,24,28). The van der Waals surface area contributed by atoms with Crippen molar-refractivity contribution in [3.8, 4) is 0 Å². The summed E-state index contributed by atoms with van der Waals surface area (Å²) in [7, 11) is 1.58. The van der Waals surface area contributed by atoms with Crippen molar-refractivity contribution in [1.29, 1.82) is 0 Å².